The molecule has 1 fully saturated rings. The maximum atomic E-state index is 14.6. The van der Waals surface area contributed by atoms with Crippen molar-refractivity contribution in [1.82, 2.24) is 20.2 Å². The van der Waals surface area contributed by atoms with E-state index in [-0.39, 0.29) is 29.4 Å². The summed E-state index contributed by atoms with van der Waals surface area (Å²) in [4.78, 5) is 25.4. The molecular weight excluding hydrogens is 475 g/mol. The van der Waals surface area contributed by atoms with Gasteiger partial charge in [-0.15, -0.1) is 0 Å². The first kappa shape index (κ1) is 26.2. The van der Waals surface area contributed by atoms with E-state index < -0.39 is 5.82 Å². The molecule has 10 heteroatoms. The minimum absolute atomic E-state index is 0.0295. The quantitative estimate of drug-likeness (QED) is 0.474. The normalized spacial score (nSPS) is 17.8. The number of carbonyl (C=O) groups excluding carboxylic acids is 1. The van der Waals surface area contributed by atoms with Crippen LogP contribution < -0.4 is 25.0 Å². The Morgan fingerprint density at radius 1 is 1.11 bits per heavy atom. The minimum atomic E-state index is -0.585. The molecular formula is C27H33FN6O3. The third-order valence-corrected chi connectivity index (χ3v) is 6.69. The molecule has 0 saturated carbocycles. The van der Waals surface area contributed by atoms with Gasteiger partial charge < -0.3 is 25.0 Å². The van der Waals surface area contributed by atoms with Gasteiger partial charge in [0.05, 0.1) is 19.5 Å². The molecule has 1 saturated heterocycles. The van der Waals surface area contributed by atoms with Crippen molar-refractivity contribution in [2.45, 2.75) is 32.5 Å². The van der Waals surface area contributed by atoms with Crippen molar-refractivity contribution < 1.29 is 18.7 Å². The summed E-state index contributed by atoms with van der Waals surface area (Å²) in [7, 11) is 5.03. The molecule has 4 rings (SSSR count). The van der Waals surface area contributed by atoms with Crippen molar-refractivity contribution in [2.75, 3.05) is 44.5 Å². The Balaban J connectivity index is 1.37. The lowest BCUT2D eigenvalue weighted by molar-refractivity contribution is 0.0962. The van der Waals surface area contributed by atoms with Gasteiger partial charge in [-0.3, -0.25) is 9.69 Å². The highest BCUT2D eigenvalue weighted by molar-refractivity contribution is 5.94. The second kappa shape index (κ2) is 11.4. The Morgan fingerprint density at radius 3 is 2.35 bits per heavy atom. The first-order chi connectivity index (χ1) is 17.8. The molecule has 0 radical (unpaired) electrons. The van der Waals surface area contributed by atoms with Crippen molar-refractivity contribution in [3.05, 3.63) is 65.7 Å². The predicted octanol–water partition coefficient (Wildman–Crippen LogP) is 3.84. The van der Waals surface area contributed by atoms with Crippen LogP contribution in [0.2, 0.25) is 0 Å². The molecule has 1 aliphatic heterocycles. The van der Waals surface area contributed by atoms with Gasteiger partial charge in [0, 0.05) is 54.7 Å². The number of piperazine rings is 1. The predicted molar refractivity (Wildman–Crippen MR) is 141 cm³/mol. The zero-order valence-corrected chi connectivity index (χ0v) is 21.8. The standard InChI is InChI=1S/C27H33FN6O3/c1-17-14-34(15-18(2)33(17)4)22-8-6-21(7-9-22)32-27-30-12-23(13-31-27)37-16-20-10-19(26(35)29-3)11-24(36-5)25(20)28/h6-13,17-18H,14-16H2,1-5H3,(H,29,35)(H,30,31,32)/t17-,18+. The molecule has 9 nitrogen and oxygen atoms in total. The number of benzene rings is 2. The number of rotatable bonds is 8. The molecule has 0 aliphatic carbocycles. The van der Waals surface area contributed by atoms with E-state index in [4.69, 9.17) is 9.47 Å². The fourth-order valence-electron chi connectivity index (χ4n) is 4.30. The summed E-state index contributed by atoms with van der Waals surface area (Å²) < 4.78 is 25.4. The van der Waals surface area contributed by atoms with Gasteiger partial charge in [0.15, 0.2) is 17.3 Å². The number of likely N-dealkylation sites (N-methyl/N-ethyl adjacent to an activating group) is 1. The van der Waals surface area contributed by atoms with Crippen LogP contribution in [0.25, 0.3) is 0 Å². The van der Waals surface area contributed by atoms with Crippen LogP contribution >= 0.6 is 0 Å². The van der Waals surface area contributed by atoms with E-state index in [9.17, 15) is 9.18 Å². The molecule has 2 N–H and O–H groups in total. The molecule has 196 valence electrons. The van der Waals surface area contributed by atoms with E-state index in [1.807, 2.05) is 12.1 Å². The van der Waals surface area contributed by atoms with Gasteiger partial charge in [-0.1, -0.05) is 0 Å². The van der Waals surface area contributed by atoms with Crippen LogP contribution in [-0.4, -0.2) is 67.2 Å². The molecule has 0 spiro atoms. The van der Waals surface area contributed by atoms with Gasteiger partial charge >= 0.3 is 0 Å². The molecule has 2 aromatic carbocycles. The summed E-state index contributed by atoms with van der Waals surface area (Å²) in [6.07, 6.45) is 3.02. The summed E-state index contributed by atoms with van der Waals surface area (Å²) in [5.41, 5.74) is 2.52. The van der Waals surface area contributed by atoms with Gasteiger partial charge in [0.1, 0.15) is 6.61 Å². The number of ether oxygens (including phenoxy) is 2. The van der Waals surface area contributed by atoms with Crippen molar-refractivity contribution in [1.29, 1.82) is 0 Å². The van der Waals surface area contributed by atoms with Crippen molar-refractivity contribution >= 4 is 23.2 Å². The average molecular weight is 509 g/mol. The molecule has 1 aliphatic rings. The van der Waals surface area contributed by atoms with E-state index in [2.05, 4.69) is 63.4 Å². The maximum Gasteiger partial charge on any atom is 0.251 e. The third-order valence-electron chi connectivity index (χ3n) is 6.69. The van der Waals surface area contributed by atoms with Gasteiger partial charge in [-0.25, -0.2) is 14.4 Å². The van der Waals surface area contributed by atoms with Crippen molar-refractivity contribution in [3.8, 4) is 11.5 Å². The summed E-state index contributed by atoms with van der Waals surface area (Å²) in [5, 5.41) is 5.70. The number of aromatic nitrogens is 2. The van der Waals surface area contributed by atoms with Crippen molar-refractivity contribution in [3.63, 3.8) is 0 Å². The van der Waals surface area contributed by atoms with Gasteiger partial charge in [-0.2, -0.15) is 0 Å². The highest BCUT2D eigenvalue weighted by Crippen LogP contribution is 2.26. The minimum Gasteiger partial charge on any atom is -0.494 e. The Kier molecular flexibility index (Phi) is 8.08. The molecule has 2 atom stereocenters. The van der Waals surface area contributed by atoms with Crippen LogP contribution in [0.4, 0.5) is 21.7 Å². The number of methoxy groups -OCH3 is 1. The maximum absolute atomic E-state index is 14.6. The van der Waals surface area contributed by atoms with E-state index in [0.29, 0.717) is 23.8 Å². The van der Waals surface area contributed by atoms with Crippen LogP contribution in [0, 0.1) is 5.82 Å². The number of anilines is 3. The summed E-state index contributed by atoms with van der Waals surface area (Å²) in [6.45, 7) is 6.36. The molecule has 0 unspecified atom stereocenters. The number of halogens is 1. The molecule has 2 heterocycles. The molecule has 0 bridgehead atoms. The Morgan fingerprint density at radius 2 is 1.76 bits per heavy atom. The fourth-order valence-corrected chi connectivity index (χ4v) is 4.30. The second-order valence-electron chi connectivity index (χ2n) is 9.20. The average Bonchev–Trinajstić information content (AvgIpc) is 2.91. The summed E-state index contributed by atoms with van der Waals surface area (Å²) in [5.74, 6) is -0.185. The topological polar surface area (TPSA) is 91.8 Å². The lowest BCUT2D eigenvalue weighted by Gasteiger charge is -2.43. The molecule has 3 aromatic rings. The smallest absolute Gasteiger partial charge is 0.251 e. The Bertz CT molecular complexity index is 1210. The fraction of sp³-hybridized carbons (Fsp3) is 0.370. The van der Waals surface area contributed by atoms with Gasteiger partial charge in [0.2, 0.25) is 5.95 Å². The summed E-state index contributed by atoms with van der Waals surface area (Å²) >= 11 is 0. The van der Waals surface area contributed by atoms with Crippen LogP contribution in [-0.2, 0) is 6.61 Å². The van der Waals surface area contributed by atoms with Crippen LogP contribution in [0.5, 0.6) is 11.5 Å². The van der Waals surface area contributed by atoms with Crippen molar-refractivity contribution in [2.24, 2.45) is 0 Å². The van der Waals surface area contributed by atoms with Gasteiger partial charge in [0.25, 0.3) is 5.91 Å². The second-order valence-corrected chi connectivity index (χ2v) is 9.20. The van der Waals surface area contributed by atoms with Crippen LogP contribution in [0.3, 0.4) is 0 Å². The SMILES string of the molecule is CNC(=O)c1cc(COc2cnc(Nc3ccc(N4C[C@@H](C)N(C)[C@@H](C)C4)cc3)nc2)c(F)c(OC)c1. The number of hydrogen-bond acceptors (Lipinski definition) is 8. The number of amides is 1. The zero-order chi connectivity index (χ0) is 26.5. The van der Waals surface area contributed by atoms with E-state index in [0.717, 1.165) is 18.8 Å². The van der Waals surface area contributed by atoms with E-state index >= 15 is 0 Å². The highest BCUT2D eigenvalue weighted by atomic mass is 19.1. The third kappa shape index (κ3) is 6.08. The summed E-state index contributed by atoms with van der Waals surface area (Å²) in [6, 6.07) is 12.0. The molecule has 1 amide bonds. The molecule has 1 aromatic heterocycles. The number of hydrogen-bond donors (Lipinski definition) is 2. The highest BCUT2D eigenvalue weighted by Gasteiger charge is 2.26. The largest absolute Gasteiger partial charge is 0.494 e. The van der Waals surface area contributed by atoms with Gasteiger partial charge in [-0.05, 0) is 57.3 Å². The first-order valence-corrected chi connectivity index (χ1v) is 12.2. The number of nitrogens with one attached hydrogen (secondary N) is 2. The lowest BCUT2D eigenvalue weighted by atomic mass is 10.1. The lowest BCUT2D eigenvalue weighted by Crippen LogP contribution is -2.55. The van der Waals surface area contributed by atoms with Crippen LogP contribution in [0.1, 0.15) is 29.8 Å². The first-order valence-electron chi connectivity index (χ1n) is 12.2. The van der Waals surface area contributed by atoms with E-state index in [1.54, 1.807) is 0 Å². The number of carbonyl (C=O) groups is 1. The molecule has 37 heavy (non-hydrogen) atoms. The Labute approximate surface area is 216 Å². The van der Waals surface area contributed by atoms with Crippen LogP contribution in [0.15, 0.2) is 48.8 Å². The number of nitrogens with zero attached hydrogens (tertiary/aromatic N) is 4. The zero-order valence-electron chi connectivity index (χ0n) is 21.8. The Hall–Kier alpha value is -3.92. The van der Waals surface area contributed by atoms with E-state index in [1.165, 1.54) is 44.4 Å². The monoisotopic (exact) mass is 508 g/mol.